The number of rotatable bonds is 13. The van der Waals surface area contributed by atoms with Crippen LogP contribution in [0.25, 0.3) is 0 Å². The second kappa shape index (κ2) is 11.8. The summed E-state index contributed by atoms with van der Waals surface area (Å²) < 4.78 is 33.1. The second-order valence-electron chi connectivity index (χ2n) is 9.07. The van der Waals surface area contributed by atoms with Crippen LogP contribution in [0.2, 0.25) is 0 Å². The maximum atomic E-state index is 13.1. The first-order chi connectivity index (χ1) is 14.7. The number of carbonyl (C=O) groups is 2. The van der Waals surface area contributed by atoms with Crippen molar-refractivity contribution in [3.05, 3.63) is 35.9 Å². The molecule has 4 atom stereocenters. The number of hydrogen-bond donors (Lipinski definition) is 3. The van der Waals surface area contributed by atoms with Crippen molar-refractivity contribution in [1.82, 2.24) is 10.0 Å². The van der Waals surface area contributed by atoms with Crippen LogP contribution in [0.15, 0.2) is 30.3 Å². The summed E-state index contributed by atoms with van der Waals surface area (Å²) in [5.41, 5.74) is -0.302. The highest BCUT2D eigenvalue weighted by Crippen LogP contribution is 2.20. The third-order valence-corrected chi connectivity index (χ3v) is 7.66. The molecule has 9 heteroatoms. The Hall–Kier alpha value is -1.97. The van der Waals surface area contributed by atoms with Crippen LogP contribution in [0.5, 0.6) is 0 Å². The number of nitrogens with one attached hydrogen (secondary N) is 2. The zero-order valence-electron chi connectivity index (χ0n) is 20.1. The topological polar surface area (TPSA) is 122 Å². The monoisotopic (exact) mass is 470 g/mol. The van der Waals surface area contributed by atoms with Gasteiger partial charge >= 0.3 is 11.9 Å². The van der Waals surface area contributed by atoms with Crippen LogP contribution in [0, 0.1) is 5.92 Å². The lowest BCUT2D eigenvalue weighted by atomic mass is 9.94. The normalized spacial score (nSPS) is 16.2. The number of aliphatic carboxylic acids is 1. The molecule has 0 aromatic heterocycles. The third-order valence-electron chi connectivity index (χ3n) is 5.81. The second-order valence-corrected chi connectivity index (χ2v) is 11.3. The largest absolute Gasteiger partial charge is 0.480 e. The van der Waals surface area contributed by atoms with Gasteiger partial charge in [-0.2, -0.15) is 0 Å². The number of ether oxygens (including phenoxy) is 1. The quantitative estimate of drug-likeness (QED) is 0.379. The predicted octanol–water partition coefficient (Wildman–Crippen LogP) is 2.72. The highest BCUT2D eigenvalue weighted by Gasteiger charge is 2.37. The summed E-state index contributed by atoms with van der Waals surface area (Å²) in [6.45, 7) is 11.9. The number of carbonyl (C=O) groups excluding carboxylic acids is 1. The Kier molecular flexibility index (Phi) is 10.3. The van der Waals surface area contributed by atoms with Gasteiger partial charge in [-0.3, -0.25) is 14.9 Å². The van der Waals surface area contributed by atoms with E-state index in [9.17, 15) is 23.1 Å². The summed E-state index contributed by atoms with van der Waals surface area (Å²) in [6.07, 6.45) is 0.807. The van der Waals surface area contributed by atoms with E-state index in [1.54, 1.807) is 20.8 Å². The van der Waals surface area contributed by atoms with Crippen LogP contribution in [0.1, 0.15) is 60.5 Å². The molecule has 0 saturated carbocycles. The van der Waals surface area contributed by atoms with Gasteiger partial charge in [-0.15, -0.1) is 0 Å². The number of benzene rings is 1. The van der Waals surface area contributed by atoms with Crippen LogP contribution >= 0.6 is 0 Å². The molecule has 182 valence electrons. The van der Waals surface area contributed by atoms with Crippen LogP contribution in [-0.4, -0.2) is 54.4 Å². The van der Waals surface area contributed by atoms with Crippen LogP contribution in [-0.2, 0) is 30.8 Å². The number of hydrogen-bond acceptors (Lipinski definition) is 6. The minimum Gasteiger partial charge on any atom is -0.480 e. The molecule has 0 aliphatic heterocycles. The van der Waals surface area contributed by atoms with Gasteiger partial charge in [0.25, 0.3) is 0 Å². The van der Waals surface area contributed by atoms with Crippen molar-refractivity contribution in [2.24, 2.45) is 5.92 Å². The Labute approximate surface area is 192 Å². The molecule has 3 N–H and O–H groups in total. The minimum atomic E-state index is -3.73. The molecule has 0 heterocycles. The summed E-state index contributed by atoms with van der Waals surface area (Å²) in [5, 5.41) is 11.9. The Bertz CT molecular complexity index is 854. The predicted molar refractivity (Wildman–Crippen MR) is 125 cm³/mol. The fraction of sp³-hybridized carbons (Fsp3) is 0.652. The van der Waals surface area contributed by atoms with Gasteiger partial charge in [-0.1, -0.05) is 50.6 Å². The molecule has 4 unspecified atom stereocenters. The minimum absolute atomic E-state index is 0.120. The van der Waals surface area contributed by atoms with Gasteiger partial charge in [0, 0.05) is 6.04 Å². The highest BCUT2D eigenvalue weighted by atomic mass is 32.2. The fourth-order valence-corrected chi connectivity index (χ4v) is 3.81. The van der Waals surface area contributed by atoms with E-state index >= 15 is 0 Å². The van der Waals surface area contributed by atoms with Gasteiger partial charge in [0.2, 0.25) is 10.0 Å². The Morgan fingerprint density at radius 3 is 2.12 bits per heavy atom. The van der Waals surface area contributed by atoms with E-state index in [0.29, 0.717) is 6.42 Å². The van der Waals surface area contributed by atoms with Crippen molar-refractivity contribution < 1.29 is 27.9 Å². The molecular weight excluding hydrogens is 432 g/mol. The molecule has 8 nitrogen and oxygen atoms in total. The van der Waals surface area contributed by atoms with E-state index in [-0.39, 0.29) is 12.3 Å². The van der Waals surface area contributed by atoms with Gasteiger partial charge in [-0.05, 0) is 52.5 Å². The van der Waals surface area contributed by atoms with Gasteiger partial charge in [0.05, 0.1) is 5.25 Å². The summed E-state index contributed by atoms with van der Waals surface area (Å²) in [6, 6.07) is 6.67. The summed E-state index contributed by atoms with van der Waals surface area (Å²) in [5.74, 6) is -1.81. The van der Waals surface area contributed by atoms with Crippen molar-refractivity contribution in [2.45, 2.75) is 90.3 Å². The molecule has 0 aliphatic rings. The molecule has 0 aliphatic carbocycles. The van der Waals surface area contributed by atoms with Crippen molar-refractivity contribution in [3.8, 4) is 0 Å². The van der Waals surface area contributed by atoms with Gasteiger partial charge < -0.3 is 9.84 Å². The maximum Gasteiger partial charge on any atom is 0.325 e. The van der Waals surface area contributed by atoms with Gasteiger partial charge in [0.1, 0.15) is 17.7 Å². The van der Waals surface area contributed by atoms with E-state index in [1.807, 2.05) is 44.2 Å². The van der Waals surface area contributed by atoms with E-state index in [1.165, 1.54) is 13.8 Å². The summed E-state index contributed by atoms with van der Waals surface area (Å²) in [4.78, 5) is 24.8. The molecule has 0 radical (unpaired) electrons. The Morgan fingerprint density at radius 2 is 1.66 bits per heavy atom. The SMILES string of the molecule is CCC(C)C(NC(C)C(C)(C)OC(=O)C(Cc1ccccc1)NS(=O)(=O)C(C)C)C(=O)O. The number of carboxylic acid groups (broad SMARTS) is 1. The average molecular weight is 471 g/mol. The van der Waals surface area contributed by atoms with E-state index in [4.69, 9.17) is 4.74 Å². The lowest BCUT2D eigenvalue weighted by Crippen LogP contribution is -2.56. The van der Waals surface area contributed by atoms with Crippen LogP contribution < -0.4 is 10.0 Å². The van der Waals surface area contributed by atoms with E-state index in [0.717, 1.165) is 5.56 Å². The third kappa shape index (κ3) is 8.18. The van der Waals surface area contributed by atoms with Gasteiger partial charge in [0.15, 0.2) is 0 Å². The van der Waals surface area contributed by atoms with Crippen LogP contribution in [0.4, 0.5) is 0 Å². The number of esters is 1. The Morgan fingerprint density at radius 1 is 1.09 bits per heavy atom. The molecule has 0 spiro atoms. The van der Waals surface area contributed by atoms with Crippen molar-refractivity contribution in [1.29, 1.82) is 0 Å². The smallest absolute Gasteiger partial charge is 0.325 e. The molecule has 1 aromatic carbocycles. The molecule has 0 amide bonds. The molecular formula is C23H38N2O6S. The lowest BCUT2D eigenvalue weighted by molar-refractivity contribution is -0.161. The van der Waals surface area contributed by atoms with Crippen molar-refractivity contribution >= 4 is 22.0 Å². The average Bonchev–Trinajstić information content (AvgIpc) is 2.70. The first kappa shape index (κ1) is 28.1. The number of carboxylic acids is 1. The van der Waals surface area contributed by atoms with E-state index < -0.39 is 50.9 Å². The lowest BCUT2D eigenvalue weighted by Gasteiger charge is -2.36. The van der Waals surface area contributed by atoms with Crippen molar-refractivity contribution in [3.63, 3.8) is 0 Å². The van der Waals surface area contributed by atoms with Crippen LogP contribution in [0.3, 0.4) is 0 Å². The first-order valence-electron chi connectivity index (χ1n) is 11.0. The molecule has 1 aromatic rings. The molecule has 0 bridgehead atoms. The van der Waals surface area contributed by atoms with E-state index in [2.05, 4.69) is 10.0 Å². The van der Waals surface area contributed by atoms with Gasteiger partial charge in [-0.25, -0.2) is 13.1 Å². The fourth-order valence-electron chi connectivity index (χ4n) is 2.96. The zero-order chi connectivity index (χ0) is 24.7. The first-order valence-corrected chi connectivity index (χ1v) is 12.5. The highest BCUT2D eigenvalue weighted by molar-refractivity contribution is 7.90. The number of sulfonamides is 1. The molecule has 32 heavy (non-hydrogen) atoms. The molecule has 1 rings (SSSR count). The van der Waals surface area contributed by atoms with Crippen molar-refractivity contribution in [2.75, 3.05) is 0 Å². The Balaban J connectivity index is 3.06. The standard InChI is InChI=1S/C23H38N2O6S/c1-8-16(4)20(21(26)27)24-17(5)23(6,7)31-22(28)19(25-32(29,30)15(2)3)14-18-12-10-9-11-13-18/h9-13,15-17,19-20,24-25H,8,14H2,1-7H3,(H,26,27). The summed E-state index contributed by atoms with van der Waals surface area (Å²) >= 11 is 0. The zero-order valence-corrected chi connectivity index (χ0v) is 20.9. The molecule has 0 fully saturated rings. The maximum absolute atomic E-state index is 13.1. The summed E-state index contributed by atoms with van der Waals surface area (Å²) in [7, 11) is -3.73. The molecule has 0 saturated heterocycles.